The van der Waals surface area contributed by atoms with Gasteiger partial charge in [0.2, 0.25) is 5.03 Å². The number of aliphatic carboxylic acids is 1. The van der Waals surface area contributed by atoms with Gasteiger partial charge in [-0.1, -0.05) is 25.0 Å². The predicted molar refractivity (Wildman–Crippen MR) is 77.0 cm³/mol. The van der Waals surface area contributed by atoms with E-state index in [4.69, 9.17) is 0 Å². The summed E-state index contributed by atoms with van der Waals surface area (Å²) < 4.78 is 28.5. The van der Waals surface area contributed by atoms with Gasteiger partial charge in [-0.3, -0.25) is 4.79 Å². The van der Waals surface area contributed by atoms with Gasteiger partial charge in [0, 0.05) is 7.05 Å². The van der Waals surface area contributed by atoms with Crippen molar-refractivity contribution in [3.05, 3.63) is 4.60 Å². The molecule has 118 valence electrons. The third kappa shape index (κ3) is 3.11. The van der Waals surface area contributed by atoms with Crippen LogP contribution in [-0.2, 0) is 21.9 Å². The van der Waals surface area contributed by atoms with E-state index in [1.54, 1.807) is 0 Å². The molecule has 10 heteroatoms. The number of carboxylic acids is 1. The Morgan fingerprint density at radius 3 is 2.71 bits per heavy atom. The average molecular weight is 381 g/mol. The number of hydrogen-bond donors (Lipinski definition) is 2. The standard InChI is InChI=1S/C11H17BrN4O4S/c1-7-4-3-5-11(6-7,10(17)18)14-21(19,20)9-8(12)13-15-16(9)2/h7,14H,3-6H2,1-2H3,(H,17,18). The molecular formula is C11H17BrN4O4S. The smallest absolute Gasteiger partial charge is 0.324 e. The van der Waals surface area contributed by atoms with Crippen molar-refractivity contribution in [3.8, 4) is 0 Å². The molecule has 2 unspecified atom stereocenters. The van der Waals surface area contributed by atoms with E-state index in [0.29, 0.717) is 6.42 Å². The molecule has 1 aliphatic carbocycles. The van der Waals surface area contributed by atoms with Crippen molar-refractivity contribution in [2.45, 2.75) is 43.2 Å². The molecule has 1 saturated carbocycles. The van der Waals surface area contributed by atoms with Gasteiger partial charge < -0.3 is 5.11 Å². The first-order valence-electron chi connectivity index (χ1n) is 6.50. The van der Waals surface area contributed by atoms with Crippen molar-refractivity contribution < 1.29 is 18.3 Å². The van der Waals surface area contributed by atoms with Gasteiger partial charge in [0.1, 0.15) is 5.54 Å². The molecule has 0 aromatic carbocycles. The van der Waals surface area contributed by atoms with Crippen LogP contribution in [0.4, 0.5) is 0 Å². The van der Waals surface area contributed by atoms with Crippen molar-refractivity contribution in [1.29, 1.82) is 0 Å². The Balaban J connectivity index is 2.39. The predicted octanol–water partition coefficient (Wildman–Crippen LogP) is 0.889. The van der Waals surface area contributed by atoms with Gasteiger partial charge in [-0.05, 0) is 34.7 Å². The highest BCUT2D eigenvalue weighted by Crippen LogP contribution is 2.34. The molecule has 0 saturated heterocycles. The van der Waals surface area contributed by atoms with Crippen molar-refractivity contribution >= 4 is 31.9 Å². The fourth-order valence-electron chi connectivity index (χ4n) is 2.80. The maximum Gasteiger partial charge on any atom is 0.324 e. The summed E-state index contributed by atoms with van der Waals surface area (Å²) in [6, 6.07) is 0. The number of nitrogens with zero attached hydrogens (tertiary/aromatic N) is 3. The zero-order valence-corrected chi connectivity index (χ0v) is 14.1. The first-order chi connectivity index (χ1) is 9.68. The fourth-order valence-corrected chi connectivity index (χ4v) is 5.29. The molecule has 1 fully saturated rings. The van der Waals surface area contributed by atoms with Crippen LogP contribution in [0.5, 0.6) is 0 Å². The van der Waals surface area contributed by atoms with Crippen LogP contribution in [0, 0.1) is 5.92 Å². The van der Waals surface area contributed by atoms with Crippen LogP contribution in [-0.4, -0.2) is 40.0 Å². The van der Waals surface area contributed by atoms with Gasteiger partial charge >= 0.3 is 5.97 Å². The SMILES string of the molecule is CC1CCCC(NS(=O)(=O)c2c(Br)nnn2C)(C(=O)O)C1. The van der Waals surface area contributed by atoms with E-state index in [9.17, 15) is 18.3 Å². The summed E-state index contributed by atoms with van der Waals surface area (Å²) in [6.07, 6.45) is 2.10. The minimum Gasteiger partial charge on any atom is -0.480 e. The fraction of sp³-hybridized carbons (Fsp3) is 0.727. The quantitative estimate of drug-likeness (QED) is 0.801. The van der Waals surface area contributed by atoms with Crippen LogP contribution >= 0.6 is 15.9 Å². The summed E-state index contributed by atoms with van der Waals surface area (Å²) in [5.41, 5.74) is -1.47. The van der Waals surface area contributed by atoms with Crippen LogP contribution < -0.4 is 4.72 Å². The minimum atomic E-state index is -4.04. The lowest BCUT2D eigenvalue weighted by atomic mass is 9.77. The van der Waals surface area contributed by atoms with E-state index in [0.717, 1.165) is 11.1 Å². The molecule has 21 heavy (non-hydrogen) atoms. The van der Waals surface area contributed by atoms with Crippen molar-refractivity contribution in [1.82, 2.24) is 19.7 Å². The molecule has 0 amide bonds. The molecular weight excluding hydrogens is 364 g/mol. The van der Waals surface area contributed by atoms with Crippen LogP contribution in [0.15, 0.2) is 9.63 Å². The van der Waals surface area contributed by atoms with Crippen LogP contribution in [0.25, 0.3) is 0 Å². The molecule has 0 aliphatic heterocycles. The normalized spacial score (nSPS) is 26.7. The van der Waals surface area contributed by atoms with Gasteiger partial charge in [-0.25, -0.2) is 13.1 Å². The zero-order chi connectivity index (χ0) is 15.8. The van der Waals surface area contributed by atoms with Gasteiger partial charge in [-0.15, -0.1) is 5.10 Å². The van der Waals surface area contributed by atoms with Crippen LogP contribution in [0.2, 0.25) is 0 Å². The molecule has 0 radical (unpaired) electrons. The van der Waals surface area contributed by atoms with Gasteiger partial charge in [0.25, 0.3) is 10.0 Å². The molecule has 1 aromatic heterocycles. The first-order valence-corrected chi connectivity index (χ1v) is 8.78. The molecule has 1 aromatic rings. The molecule has 1 heterocycles. The third-order valence-corrected chi connectivity index (χ3v) is 6.15. The van der Waals surface area contributed by atoms with E-state index in [-0.39, 0.29) is 28.4 Å². The Morgan fingerprint density at radius 1 is 1.57 bits per heavy atom. The Hall–Kier alpha value is -1.00. The highest BCUT2D eigenvalue weighted by atomic mass is 79.9. The zero-order valence-electron chi connectivity index (χ0n) is 11.7. The first kappa shape index (κ1) is 16.4. The van der Waals surface area contributed by atoms with Gasteiger partial charge in [0.05, 0.1) is 0 Å². The number of carbonyl (C=O) groups is 1. The highest BCUT2D eigenvalue weighted by molar-refractivity contribution is 9.10. The molecule has 2 rings (SSSR count). The molecule has 8 nitrogen and oxygen atoms in total. The Labute approximate surface area is 131 Å². The largest absolute Gasteiger partial charge is 0.480 e. The maximum atomic E-state index is 12.5. The average Bonchev–Trinajstić information content (AvgIpc) is 2.68. The Kier molecular flexibility index (Phi) is 4.41. The molecule has 2 atom stereocenters. The molecule has 1 aliphatic rings. The van der Waals surface area contributed by atoms with Crippen molar-refractivity contribution in [3.63, 3.8) is 0 Å². The number of sulfonamides is 1. The summed E-state index contributed by atoms with van der Waals surface area (Å²) in [5, 5.41) is 16.6. The Morgan fingerprint density at radius 2 is 2.24 bits per heavy atom. The molecule has 0 spiro atoms. The van der Waals surface area contributed by atoms with Gasteiger partial charge in [-0.2, -0.15) is 4.72 Å². The molecule has 0 bridgehead atoms. The second kappa shape index (κ2) is 5.65. The number of aryl methyl sites for hydroxylation is 1. The summed E-state index contributed by atoms with van der Waals surface area (Å²) >= 11 is 3.02. The summed E-state index contributed by atoms with van der Waals surface area (Å²) in [6.45, 7) is 1.92. The van der Waals surface area contributed by atoms with Gasteiger partial charge in [0.15, 0.2) is 4.60 Å². The van der Waals surface area contributed by atoms with E-state index in [1.807, 2.05) is 6.92 Å². The second-order valence-corrected chi connectivity index (χ2v) is 7.85. The van der Waals surface area contributed by atoms with Crippen molar-refractivity contribution in [2.75, 3.05) is 0 Å². The number of halogens is 1. The third-order valence-electron chi connectivity index (χ3n) is 3.73. The van der Waals surface area contributed by atoms with E-state index in [1.165, 1.54) is 7.05 Å². The second-order valence-electron chi connectivity index (χ2n) is 5.50. The van der Waals surface area contributed by atoms with Crippen molar-refractivity contribution in [2.24, 2.45) is 13.0 Å². The topological polar surface area (TPSA) is 114 Å². The summed E-state index contributed by atoms with van der Waals surface area (Å²) in [7, 11) is -2.61. The Bertz CT molecular complexity index is 640. The number of nitrogens with one attached hydrogen (secondary N) is 1. The number of hydrogen-bond acceptors (Lipinski definition) is 5. The van der Waals surface area contributed by atoms with Crippen LogP contribution in [0.3, 0.4) is 0 Å². The maximum absolute atomic E-state index is 12.5. The molecule has 2 N–H and O–H groups in total. The van der Waals surface area contributed by atoms with E-state index in [2.05, 4.69) is 31.0 Å². The van der Waals surface area contributed by atoms with E-state index < -0.39 is 21.5 Å². The highest BCUT2D eigenvalue weighted by Gasteiger charge is 2.46. The monoisotopic (exact) mass is 380 g/mol. The summed E-state index contributed by atoms with van der Waals surface area (Å²) in [5.74, 6) is -1.01. The lowest BCUT2D eigenvalue weighted by Gasteiger charge is -2.36. The number of rotatable bonds is 4. The lowest BCUT2D eigenvalue weighted by molar-refractivity contribution is -0.146. The lowest BCUT2D eigenvalue weighted by Crippen LogP contribution is -2.56. The summed E-state index contributed by atoms with van der Waals surface area (Å²) in [4.78, 5) is 11.7. The van der Waals surface area contributed by atoms with Crippen LogP contribution in [0.1, 0.15) is 32.6 Å². The minimum absolute atomic E-state index is 0.0573. The number of aromatic nitrogens is 3. The number of carboxylic acid groups (broad SMARTS) is 1. The van der Waals surface area contributed by atoms with E-state index >= 15 is 0 Å².